The highest BCUT2D eigenvalue weighted by atomic mass is 79.9. The molecular formula is C11H6BrFN2S. The molecule has 80 valence electrons. The third-order valence-corrected chi connectivity index (χ3v) is 3.32. The van der Waals surface area contributed by atoms with Crippen molar-refractivity contribution in [2.24, 2.45) is 0 Å². The molecule has 0 saturated heterocycles. The van der Waals surface area contributed by atoms with Gasteiger partial charge in [-0.2, -0.15) is 5.26 Å². The van der Waals surface area contributed by atoms with Gasteiger partial charge < -0.3 is 0 Å². The Balaban J connectivity index is 2.39. The van der Waals surface area contributed by atoms with E-state index in [1.54, 1.807) is 6.07 Å². The smallest absolute Gasteiger partial charge is 0.125 e. The van der Waals surface area contributed by atoms with Crippen LogP contribution in [0.1, 0.15) is 5.69 Å². The molecule has 0 radical (unpaired) electrons. The molecule has 0 amide bonds. The van der Waals surface area contributed by atoms with Crippen LogP contribution in [0.15, 0.2) is 28.1 Å². The lowest BCUT2D eigenvalue weighted by molar-refractivity contribution is 0.627. The highest BCUT2D eigenvalue weighted by molar-refractivity contribution is 9.10. The molecule has 5 heteroatoms. The number of hydrogen-bond donors (Lipinski definition) is 0. The van der Waals surface area contributed by atoms with Gasteiger partial charge >= 0.3 is 0 Å². The highest BCUT2D eigenvalue weighted by Gasteiger charge is 2.06. The van der Waals surface area contributed by atoms with Gasteiger partial charge in [0.1, 0.15) is 10.8 Å². The molecular weight excluding hydrogens is 291 g/mol. The van der Waals surface area contributed by atoms with Crippen LogP contribution in [0.2, 0.25) is 0 Å². The zero-order valence-corrected chi connectivity index (χ0v) is 10.5. The first-order valence-electron chi connectivity index (χ1n) is 4.47. The van der Waals surface area contributed by atoms with Crippen molar-refractivity contribution in [2.75, 3.05) is 0 Å². The zero-order valence-electron chi connectivity index (χ0n) is 8.08. The minimum absolute atomic E-state index is 0.285. The van der Waals surface area contributed by atoms with Crippen LogP contribution >= 0.6 is 27.3 Å². The molecule has 0 N–H and O–H groups in total. The van der Waals surface area contributed by atoms with Gasteiger partial charge in [0.05, 0.1) is 18.2 Å². The molecule has 1 aromatic carbocycles. The third kappa shape index (κ3) is 2.46. The van der Waals surface area contributed by atoms with Crippen LogP contribution < -0.4 is 0 Å². The van der Waals surface area contributed by atoms with Crippen LogP contribution in [0.25, 0.3) is 10.6 Å². The summed E-state index contributed by atoms with van der Waals surface area (Å²) in [7, 11) is 0. The van der Waals surface area contributed by atoms with Crippen LogP contribution in [0.5, 0.6) is 0 Å². The summed E-state index contributed by atoms with van der Waals surface area (Å²) < 4.78 is 13.8. The van der Waals surface area contributed by atoms with Crippen molar-refractivity contribution in [3.05, 3.63) is 39.6 Å². The summed E-state index contributed by atoms with van der Waals surface area (Å²) in [5.41, 5.74) is 1.45. The molecule has 2 rings (SSSR count). The molecule has 0 unspecified atom stereocenters. The monoisotopic (exact) mass is 296 g/mol. The van der Waals surface area contributed by atoms with Crippen molar-refractivity contribution < 1.29 is 4.39 Å². The fourth-order valence-corrected chi connectivity index (χ4v) is 2.55. The fourth-order valence-electron chi connectivity index (χ4n) is 1.28. The number of rotatable bonds is 2. The third-order valence-electron chi connectivity index (χ3n) is 1.92. The summed E-state index contributed by atoms with van der Waals surface area (Å²) in [5, 5.41) is 11.1. The SMILES string of the molecule is N#CCc1csc(-c2cc(F)cc(Br)c2)n1. The van der Waals surface area contributed by atoms with Gasteiger partial charge in [-0.1, -0.05) is 15.9 Å². The van der Waals surface area contributed by atoms with Crippen LogP contribution in [-0.4, -0.2) is 4.98 Å². The number of aromatic nitrogens is 1. The normalized spacial score (nSPS) is 10.1. The Bertz CT molecular complexity index is 539. The molecule has 0 aliphatic rings. The molecule has 1 heterocycles. The van der Waals surface area contributed by atoms with E-state index in [2.05, 4.69) is 20.9 Å². The molecule has 0 spiro atoms. The fraction of sp³-hybridized carbons (Fsp3) is 0.0909. The maximum absolute atomic E-state index is 13.2. The summed E-state index contributed by atoms with van der Waals surface area (Å²) in [6.07, 6.45) is 0.285. The lowest BCUT2D eigenvalue weighted by Crippen LogP contribution is -1.83. The van der Waals surface area contributed by atoms with Crippen LogP contribution in [0.4, 0.5) is 4.39 Å². The van der Waals surface area contributed by atoms with Crippen molar-refractivity contribution in [2.45, 2.75) is 6.42 Å². The predicted molar refractivity (Wildman–Crippen MR) is 64.5 cm³/mol. The van der Waals surface area contributed by atoms with Crippen molar-refractivity contribution in [3.63, 3.8) is 0 Å². The van der Waals surface area contributed by atoms with Gasteiger partial charge in [0.25, 0.3) is 0 Å². The summed E-state index contributed by atoms with van der Waals surface area (Å²) in [6.45, 7) is 0. The Morgan fingerprint density at radius 2 is 2.25 bits per heavy atom. The van der Waals surface area contributed by atoms with Crippen LogP contribution in [0.3, 0.4) is 0 Å². The maximum atomic E-state index is 13.2. The minimum atomic E-state index is -0.304. The van der Waals surface area contributed by atoms with Crippen LogP contribution in [0, 0.1) is 17.1 Å². The second-order valence-electron chi connectivity index (χ2n) is 3.14. The molecule has 0 fully saturated rings. The molecule has 0 bridgehead atoms. The number of nitrogens with zero attached hydrogens (tertiary/aromatic N) is 2. The predicted octanol–water partition coefficient (Wildman–Crippen LogP) is 3.78. The quantitative estimate of drug-likeness (QED) is 0.846. The van der Waals surface area contributed by atoms with Gasteiger partial charge in [0.2, 0.25) is 0 Å². The minimum Gasteiger partial charge on any atom is -0.240 e. The maximum Gasteiger partial charge on any atom is 0.125 e. The number of hydrogen-bond acceptors (Lipinski definition) is 3. The van der Waals surface area contributed by atoms with Gasteiger partial charge in [-0.25, -0.2) is 9.37 Å². The standard InChI is InChI=1S/C11H6BrFN2S/c12-8-3-7(4-9(13)5-8)11-15-10(1-2-14)6-16-11/h3-6H,1H2. The molecule has 0 atom stereocenters. The summed E-state index contributed by atoms with van der Waals surface area (Å²) in [4.78, 5) is 4.26. The van der Waals surface area contributed by atoms with Crippen molar-refractivity contribution in [1.29, 1.82) is 5.26 Å². The van der Waals surface area contributed by atoms with E-state index in [0.717, 1.165) is 16.3 Å². The average Bonchev–Trinajstić information content (AvgIpc) is 2.65. The van der Waals surface area contributed by atoms with E-state index in [1.807, 2.05) is 11.4 Å². The Morgan fingerprint density at radius 3 is 2.94 bits per heavy atom. The van der Waals surface area contributed by atoms with Gasteiger partial charge in [0.15, 0.2) is 0 Å². The Labute approximate surface area is 105 Å². The second-order valence-corrected chi connectivity index (χ2v) is 4.91. The van der Waals surface area contributed by atoms with E-state index in [1.165, 1.54) is 23.5 Å². The van der Waals surface area contributed by atoms with Gasteiger partial charge in [-0.15, -0.1) is 11.3 Å². The van der Waals surface area contributed by atoms with Crippen molar-refractivity contribution >= 4 is 27.3 Å². The van der Waals surface area contributed by atoms with Crippen molar-refractivity contribution in [3.8, 4) is 16.6 Å². The Hall–Kier alpha value is -1.25. The van der Waals surface area contributed by atoms with Gasteiger partial charge in [0, 0.05) is 15.4 Å². The van der Waals surface area contributed by atoms with Crippen LogP contribution in [-0.2, 0) is 6.42 Å². The molecule has 0 aliphatic carbocycles. The summed E-state index contributed by atoms with van der Waals surface area (Å²) in [6, 6.07) is 6.66. The van der Waals surface area contributed by atoms with E-state index >= 15 is 0 Å². The number of thiazole rings is 1. The van der Waals surface area contributed by atoms with Gasteiger partial charge in [-0.05, 0) is 18.2 Å². The Kier molecular flexibility index (Phi) is 3.32. The number of nitriles is 1. The molecule has 0 saturated carbocycles. The lowest BCUT2D eigenvalue weighted by Gasteiger charge is -1.98. The first-order chi connectivity index (χ1) is 7.69. The molecule has 16 heavy (non-hydrogen) atoms. The Morgan fingerprint density at radius 1 is 1.44 bits per heavy atom. The van der Waals surface area contributed by atoms with E-state index in [4.69, 9.17) is 5.26 Å². The highest BCUT2D eigenvalue weighted by Crippen LogP contribution is 2.27. The molecule has 0 aliphatic heterocycles. The second kappa shape index (κ2) is 4.73. The first kappa shape index (κ1) is 11.2. The largest absolute Gasteiger partial charge is 0.240 e. The summed E-state index contributed by atoms with van der Waals surface area (Å²) >= 11 is 4.64. The number of halogens is 2. The summed E-state index contributed by atoms with van der Waals surface area (Å²) in [5.74, 6) is -0.304. The average molecular weight is 297 g/mol. The lowest BCUT2D eigenvalue weighted by atomic mass is 10.2. The molecule has 2 aromatic rings. The first-order valence-corrected chi connectivity index (χ1v) is 6.14. The van der Waals surface area contributed by atoms with E-state index in [-0.39, 0.29) is 12.2 Å². The van der Waals surface area contributed by atoms with E-state index < -0.39 is 0 Å². The zero-order chi connectivity index (χ0) is 11.5. The van der Waals surface area contributed by atoms with E-state index in [0.29, 0.717) is 4.47 Å². The van der Waals surface area contributed by atoms with E-state index in [9.17, 15) is 4.39 Å². The number of benzene rings is 1. The van der Waals surface area contributed by atoms with Gasteiger partial charge in [-0.3, -0.25) is 0 Å². The topological polar surface area (TPSA) is 36.7 Å². The molecule has 1 aromatic heterocycles. The van der Waals surface area contributed by atoms with Crippen molar-refractivity contribution in [1.82, 2.24) is 4.98 Å². The molecule has 2 nitrogen and oxygen atoms in total.